The van der Waals surface area contributed by atoms with Gasteiger partial charge in [0.05, 0.1) is 24.1 Å². The molecule has 4 heteroatoms. The van der Waals surface area contributed by atoms with Gasteiger partial charge in [-0.1, -0.05) is 18.2 Å². The van der Waals surface area contributed by atoms with Gasteiger partial charge in [-0.05, 0) is 23.8 Å². The monoisotopic (exact) mass is 249 g/mol. The molecule has 2 aromatic heterocycles. The normalized spacial score (nSPS) is 10.5. The number of aliphatic hydroxyl groups excluding tert-OH is 1. The van der Waals surface area contributed by atoms with Crippen molar-refractivity contribution in [1.82, 2.24) is 9.38 Å². The first kappa shape index (κ1) is 11.5. The van der Waals surface area contributed by atoms with Crippen molar-refractivity contribution < 1.29 is 5.11 Å². The second kappa shape index (κ2) is 4.56. The summed E-state index contributed by atoms with van der Waals surface area (Å²) in [6, 6.07) is 13.4. The Bertz CT molecular complexity index is 783. The second-order valence-electron chi connectivity index (χ2n) is 4.23. The van der Waals surface area contributed by atoms with E-state index in [1.807, 2.05) is 40.9 Å². The summed E-state index contributed by atoms with van der Waals surface area (Å²) in [5, 5.41) is 18.3. The molecule has 3 rings (SSSR count). The highest BCUT2D eigenvalue weighted by atomic mass is 16.3. The van der Waals surface area contributed by atoms with Crippen LogP contribution in [0.5, 0.6) is 0 Å². The van der Waals surface area contributed by atoms with Crippen LogP contribution in [-0.2, 0) is 6.61 Å². The van der Waals surface area contributed by atoms with Crippen molar-refractivity contribution >= 4 is 5.65 Å². The molecule has 92 valence electrons. The van der Waals surface area contributed by atoms with Gasteiger partial charge in [0.15, 0.2) is 5.65 Å². The zero-order valence-electron chi connectivity index (χ0n) is 10.1. The molecule has 0 saturated carbocycles. The number of hydrogen-bond donors (Lipinski definition) is 1. The van der Waals surface area contributed by atoms with E-state index in [-0.39, 0.29) is 6.61 Å². The average molecular weight is 249 g/mol. The average Bonchev–Trinajstić information content (AvgIpc) is 2.91. The minimum absolute atomic E-state index is 0.00796. The maximum absolute atomic E-state index is 9.19. The van der Waals surface area contributed by atoms with Crippen molar-refractivity contribution in [2.45, 2.75) is 6.61 Å². The first-order valence-corrected chi connectivity index (χ1v) is 5.90. The predicted molar refractivity (Wildman–Crippen MR) is 71.3 cm³/mol. The van der Waals surface area contributed by atoms with Crippen LogP contribution in [0.15, 0.2) is 48.8 Å². The SMILES string of the molecule is N#Cc1cccn2c(-c3cccc(CO)c3)cnc12. The molecule has 1 N–H and O–H groups in total. The van der Waals surface area contributed by atoms with E-state index in [9.17, 15) is 5.11 Å². The zero-order chi connectivity index (χ0) is 13.2. The number of fused-ring (bicyclic) bond motifs is 1. The second-order valence-corrected chi connectivity index (χ2v) is 4.23. The summed E-state index contributed by atoms with van der Waals surface area (Å²) >= 11 is 0. The summed E-state index contributed by atoms with van der Waals surface area (Å²) in [6.45, 7) is 0.00796. The summed E-state index contributed by atoms with van der Waals surface area (Å²) in [5.41, 5.74) is 3.92. The number of nitrogens with zero attached hydrogens (tertiary/aromatic N) is 3. The first-order valence-electron chi connectivity index (χ1n) is 5.90. The van der Waals surface area contributed by atoms with E-state index < -0.39 is 0 Å². The smallest absolute Gasteiger partial charge is 0.155 e. The van der Waals surface area contributed by atoms with E-state index in [1.54, 1.807) is 12.3 Å². The number of benzene rings is 1. The van der Waals surface area contributed by atoms with E-state index in [1.165, 1.54) is 0 Å². The molecule has 0 fully saturated rings. The molecular weight excluding hydrogens is 238 g/mol. The van der Waals surface area contributed by atoms with Crippen LogP contribution in [0, 0.1) is 11.3 Å². The number of aliphatic hydroxyl groups is 1. The molecule has 0 bridgehead atoms. The number of pyridine rings is 1. The maximum Gasteiger partial charge on any atom is 0.155 e. The molecular formula is C15H11N3O. The first-order chi connectivity index (χ1) is 9.33. The van der Waals surface area contributed by atoms with E-state index in [0.717, 1.165) is 16.8 Å². The molecule has 4 nitrogen and oxygen atoms in total. The van der Waals surface area contributed by atoms with Crippen molar-refractivity contribution in [2.24, 2.45) is 0 Å². The Morgan fingerprint density at radius 2 is 2.16 bits per heavy atom. The van der Waals surface area contributed by atoms with E-state index in [0.29, 0.717) is 11.2 Å². The molecule has 2 heterocycles. The number of hydrogen-bond acceptors (Lipinski definition) is 3. The molecule has 0 spiro atoms. The quantitative estimate of drug-likeness (QED) is 0.758. The van der Waals surface area contributed by atoms with Crippen molar-refractivity contribution in [2.75, 3.05) is 0 Å². The van der Waals surface area contributed by atoms with E-state index in [2.05, 4.69) is 11.1 Å². The van der Waals surface area contributed by atoms with E-state index >= 15 is 0 Å². The zero-order valence-corrected chi connectivity index (χ0v) is 10.1. The summed E-state index contributed by atoms with van der Waals surface area (Å²) in [5.74, 6) is 0. The van der Waals surface area contributed by atoms with Crippen LogP contribution >= 0.6 is 0 Å². The third-order valence-corrected chi connectivity index (χ3v) is 3.06. The van der Waals surface area contributed by atoms with Crippen molar-refractivity contribution in [3.8, 4) is 17.3 Å². The third kappa shape index (κ3) is 1.86. The van der Waals surface area contributed by atoms with Gasteiger partial charge in [-0.3, -0.25) is 4.40 Å². The van der Waals surface area contributed by atoms with E-state index in [4.69, 9.17) is 5.26 Å². The van der Waals surface area contributed by atoms with Crippen LogP contribution in [0.25, 0.3) is 16.9 Å². The number of nitriles is 1. The van der Waals surface area contributed by atoms with Gasteiger partial charge >= 0.3 is 0 Å². The lowest BCUT2D eigenvalue weighted by Gasteiger charge is -2.04. The fourth-order valence-electron chi connectivity index (χ4n) is 2.14. The molecule has 0 saturated heterocycles. The lowest BCUT2D eigenvalue weighted by Crippen LogP contribution is -1.91. The van der Waals surface area contributed by atoms with Crippen molar-refractivity contribution in [3.05, 3.63) is 59.9 Å². The standard InChI is InChI=1S/C15H11N3O/c16-8-13-5-2-6-18-14(9-17-15(13)18)12-4-1-3-11(7-12)10-19/h1-7,9,19H,10H2. The Kier molecular flexibility index (Phi) is 2.75. The largest absolute Gasteiger partial charge is 0.392 e. The molecule has 0 amide bonds. The van der Waals surface area contributed by atoms with Gasteiger partial charge < -0.3 is 5.11 Å². The van der Waals surface area contributed by atoms with Crippen LogP contribution in [0.3, 0.4) is 0 Å². The van der Waals surface area contributed by atoms with Gasteiger partial charge in [0.1, 0.15) is 6.07 Å². The molecule has 0 aliphatic rings. The molecule has 0 aliphatic heterocycles. The lowest BCUT2D eigenvalue weighted by molar-refractivity contribution is 0.282. The number of rotatable bonds is 2. The summed E-state index contributed by atoms with van der Waals surface area (Å²) in [4.78, 5) is 4.30. The fourth-order valence-corrected chi connectivity index (χ4v) is 2.14. The summed E-state index contributed by atoms with van der Waals surface area (Å²) in [7, 11) is 0. The van der Waals surface area contributed by atoms with Crippen molar-refractivity contribution in [1.29, 1.82) is 5.26 Å². The highest BCUT2D eigenvalue weighted by Gasteiger charge is 2.08. The van der Waals surface area contributed by atoms with Crippen LogP contribution in [0.4, 0.5) is 0 Å². The van der Waals surface area contributed by atoms with Gasteiger partial charge in [-0.25, -0.2) is 4.98 Å². The summed E-state index contributed by atoms with van der Waals surface area (Å²) in [6.07, 6.45) is 3.62. The molecule has 3 aromatic rings. The van der Waals surface area contributed by atoms with Crippen LogP contribution in [-0.4, -0.2) is 14.5 Å². The number of imidazole rings is 1. The Morgan fingerprint density at radius 1 is 1.26 bits per heavy atom. The van der Waals surface area contributed by atoms with Gasteiger partial charge in [0, 0.05) is 11.8 Å². The molecule has 1 aromatic carbocycles. The van der Waals surface area contributed by atoms with Crippen molar-refractivity contribution in [3.63, 3.8) is 0 Å². The van der Waals surface area contributed by atoms with Gasteiger partial charge in [0.25, 0.3) is 0 Å². The van der Waals surface area contributed by atoms with Crippen LogP contribution in [0.1, 0.15) is 11.1 Å². The maximum atomic E-state index is 9.19. The molecule has 19 heavy (non-hydrogen) atoms. The third-order valence-electron chi connectivity index (χ3n) is 3.06. The van der Waals surface area contributed by atoms with Crippen LogP contribution in [0.2, 0.25) is 0 Å². The predicted octanol–water partition coefficient (Wildman–Crippen LogP) is 2.37. The Balaban J connectivity index is 2.23. The highest BCUT2D eigenvalue weighted by molar-refractivity contribution is 5.67. The summed E-state index contributed by atoms with van der Waals surface area (Å²) < 4.78 is 1.88. The molecule has 0 atom stereocenters. The lowest BCUT2D eigenvalue weighted by atomic mass is 10.1. The Morgan fingerprint density at radius 3 is 2.95 bits per heavy atom. The highest BCUT2D eigenvalue weighted by Crippen LogP contribution is 2.23. The Hall–Kier alpha value is -2.64. The fraction of sp³-hybridized carbons (Fsp3) is 0.0667. The van der Waals surface area contributed by atoms with Crippen LogP contribution < -0.4 is 0 Å². The molecule has 0 unspecified atom stereocenters. The topological polar surface area (TPSA) is 61.3 Å². The van der Waals surface area contributed by atoms with Gasteiger partial charge in [0.2, 0.25) is 0 Å². The number of aromatic nitrogens is 2. The van der Waals surface area contributed by atoms with Gasteiger partial charge in [-0.2, -0.15) is 5.26 Å². The molecule has 0 radical (unpaired) electrons. The molecule has 0 aliphatic carbocycles. The minimum atomic E-state index is 0.00796. The minimum Gasteiger partial charge on any atom is -0.392 e. The van der Waals surface area contributed by atoms with Gasteiger partial charge in [-0.15, -0.1) is 0 Å². The Labute approximate surface area is 110 Å².